The van der Waals surface area contributed by atoms with Gasteiger partial charge in [0.15, 0.2) is 0 Å². The molecule has 55 heavy (non-hydrogen) atoms. The first-order valence-corrected chi connectivity index (χ1v) is 17.0. The summed E-state index contributed by atoms with van der Waals surface area (Å²) in [5, 5.41) is 28.9. The number of amides is 4. The molecular weight excluding hydrogens is 724 g/mol. The molecule has 0 radical (unpaired) electrons. The third-order valence-corrected chi connectivity index (χ3v) is 8.33. The zero-order chi connectivity index (χ0) is 40.1. The fourth-order valence-corrected chi connectivity index (χ4v) is 5.44. The number of nitrogens with zero attached hydrogens (tertiary/aromatic N) is 4. The molecule has 290 valence electrons. The van der Waals surface area contributed by atoms with E-state index in [4.69, 9.17) is 4.74 Å². The van der Waals surface area contributed by atoms with Gasteiger partial charge in [0.2, 0.25) is 11.8 Å². The second-order valence-electron chi connectivity index (χ2n) is 12.1. The third kappa shape index (κ3) is 11.0. The zero-order valence-electron chi connectivity index (χ0n) is 29.8. The molecule has 0 saturated carbocycles. The highest BCUT2D eigenvalue weighted by Crippen LogP contribution is 2.25. The Morgan fingerprint density at radius 1 is 0.982 bits per heavy atom. The number of anilines is 1. The molecular formula is C37H39F2N7O9. The lowest BCUT2D eigenvalue weighted by Crippen LogP contribution is -2.59. The van der Waals surface area contributed by atoms with Crippen LogP contribution >= 0.6 is 0 Å². The number of rotatable bonds is 17. The summed E-state index contributed by atoms with van der Waals surface area (Å²) in [6, 6.07) is 19.6. The number of aliphatic hydroxyl groups is 1. The minimum atomic E-state index is -4.52. The molecule has 0 aliphatic rings. The SMILES string of the molecule is CCN(CC)C(=O)CNC(=O)C(F)(F)C(O)C(Cc1ccccc1)NC(=O)Cn1c(-c2cccc([N+](=O)[O-])c2)ncc(NC(=O)OCc2ccccc2)c1=O. The van der Waals surface area contributed by atoms with Gasteiger partial charge in [0.05, 0.1) is 23.7 Å². The largest absolute Gasteiger partial charge is 0.444 e. The Morgan fingerprint density at radius 2 is 1.62 bits per heavy atom. The summed E-state index contributed by atoms with van der Waals surface area (Å²) in [6.07, 6.45) is -3.33. The minimum Gasteiger partial charge on any atom is -0.444 e. The van der Waals surface area contributed by atoms with Gasteiger partial charge < -0.3 is 25.4 Å². The Hall–Kier alpha value is -6.56. The molecule has 0 fully saturated rings. The number of ether oxygens (including phenoxy) is 1. The fourth-order valence-electron chi connectivity index (χ4n) is 5.44. The first-order valence-electron chi connectivity index (χ1n) is 17.0. The molecule has 0 aliphatic heterocycles. The van der Waals surface area contributed by atoms with Crippen LogP contribution in [0, 0.1) is 10.1 Å². The number of alkyl halides is 2. The predicted octanol–water partition coefficient (Wildman–Crippen LogP) is 3.28. The molecule has 0 bridgehead atoms. The summed E-state index contributed by atoms with van der Waals surface area (Å²) in [5.74, 6) is -8.49. The number of carbonyl (C=O) groups excluding carboxylic acids is 4. The number of non-ortho nitro benzene ring substituents is 1. The molecule has 4 N–H and O–H groups in total. The molecule has 4 amide bonds. The van der Waals surface area contributed by atoms with Crippen molar-refractivity contribution in [2.24, 2.45) is 0 Å². The zero-order valence-corrected chi connectivity index (χ0v) is 29.8. The number of halogens is 2. The number of nitro groups is 1. The van der Waals surface area contributed by atoms with Gasteiger partial charge in [-0.15, -0.1) is 0 Å². The first kappa shape index (κ1) is 41.2. The van der Waals surface area contributed by atoms with E-state index >= 15 is 8.78 Å². The second kappa shape index (κ2) is 19.0. The average Bonchev–Trinajstić information content (AvgIpc) is 3.18. The van der Waals surface area contributed by atoms with Gasteiger partial charge in [-0.3, -0.25) is 39.2 Å². The maximum Gasteiger partial charge on any atom is 0.412 e. The van der Waals surface area contributed by atoms with Crippen LogP contribution in [0.3, 0.4) is 0 Å². The lowest BCUT2D eigenvalue weighted by atomic mass is 9.96. The van der Waals surface area contributed by atoms with E-state index in [-0.39, 0.29) is 36.8 Å². The summed E-state index contributed by atoms with van der Waals surface area (Å²) in [6.45, 7) is 2.02. The van der Waals surface area contributed by atoms with Gasteiger partial charge in [0, 0.05) is 30.8 Å². The molecule has 2 unspecified atom stereocenters. The van der Waals surface area contributed by atoms with Crippen molar-refractivity contribution in [2.45, 2.75) is 51.5 Å². The third-order valence-electron chi connectivity index (χ3n) is 8.33. The van der Waals surface area contributed by atoms with E-state index in [1.54, 1.807) is 62.4 Å². The summed E-state index contributed by atoms with van der Waals surface area (Å²) in [4.78, 5) is 81.4. The number of benzene rings is 3. The maximum atomic E-state index is 15.5. The molecule has 1 aromatic heterocycles. The van der Waals surface area contributed by atoms with Crippen LogP contribution in [0.1, 0.15) is 25.0 Å². The van der Waals surface area contributed by atoms with Crippen LogP contribution < -0.4 is 21.5 Å². The van der Waals surface area contributed by atoms with Gasteiger partial charge in [-0.25, -0.2) is 9.78 Å². The van der Waals surface area contributed by atoms with Gasteiger partial charge in [0.25, 0.3) is 17.2 Å². The summed E-state index contributed by atoms with van der Waals surface area (Å²) < 4.78 is 37.0. The standard InChI is InChI=1S/C37H39F2N7O9/c1-3-44(4-2)31(48)21-41-35(51)37(38,39)32(49)28(18-24-12-7-5-8-13-24)42-30(47)22-45-33(26-16-11-17-27(19-26)46(53)54)40-20-29(34(45)50)43-36(52)55-23-25-14-9-6-10-15-25/h5-17,19-20,28,32,49H,3-4,18,21-23H2,1-2H3,(H,41,51)(H,42,47)(H,43,52). The topological polar surface area (TPSA) is 215 Å². The number of nitro benzene ring substituents is 1. The van der Waals surface area contributed by atoms with Gasteiger partial charge in [-0.2, -0.15) is 8.78 Å². The molecule has 18 heteroatoms. The fraction of sp³-hybridized carbons (Fsp3) is 0.297. The lowest BCUT2D eigenvalue weighted by molar-refractivity contribution is -0.384. The number of likely N-dealkylation sites (N-methyl/N-ethyl adjacent to an activating group) is 1. The number of hydrogen-bond donors (Lipinski definition) is 4. The van der Waals surface area contributed by atoms with Crippen LogP contribution in [-0.4, -0.2) is 86.0 Å². The van der Waals surface area contributed by atoms with Crippen LogP contribution in [0.2, 0.25) is 0 Å². The number of carbonyl (C=O) groups is 4. The van der Waals surface area contributed by atoms with Crippen LogP contribution in [0.15, 0.2) is 95.9 Å². The maximum absolute atomic E-state index is 15.5. The van der Waals surface area contributed by atoms with E-state index in [0.29, 0.717) is 11.1 Å². The second-order valence-corrected chi connectivity index (χ2v) is 12.1. The van der Waals surface area contributed by atoms with Crippen molar-refractivity contribution in [3.8, 4) is 11.4 Å². The van der Waals surface area contributed by atoms with Gasteiger partial charge in [-0.05, 0) is 31.4 Å². The molecule has 4 rings (SSSR count). The van der Waals surface area contributed by atoms with Crippen molar-refractivity contribution in [1.82, 2.24) is 25.1 Å². The summed E-state index contributed by atoms with van der Waals surface area (Å²) >= 11 is 0. The number of nitrogens with one attached hydrogen (secondary N) is 3. The van der Waals surface area contributed by atoms with Crippen molar-refractivity contribution in [2.75, 3.05) is 25.0 Å². The molecule has 1 heterocycles. The Labute approximate surface area is 313 Å². The molecule has 0 spiro atoms. The van der Waals surface area contributed by atoms with Gasteiger partial charge in [-0.1, -0.05) is 72.8 Å². The highest BCUT2D eigenvalue weighted by atomic mass is 19.3. The highest BCUT2D eigenvalue weighted by molar-refractivity contribution is 5.89. The minimum absolute atomic E-state index is 0.0145. The van der Waals surface area contributed by atoms with Crippen LogP contribution in [-0.2, 0) is 38.7 Å². The van der Waals surface area contributed by atoms with E-state index in [9.17, 15) is 39.2 Å². The van der Waals surface area contributed by atoms with Gasteiger partial charge >= 0.3 is 12.0 Å². The number of hydrogen-bond acceptors (Lipinski definition) is 10. The summed E-state index contributed by atoms with van der Waals surface area (Å²) in [5.41, 5.74) is -0.805. The molecule has 3 aromatic carbocycles. The Kier molecular flexibility index (Phi) is 14.2. The van der Waals surface area contributed by atoms with Crippen molar-refractivity contribution in [3.05, 3.63) is 123 Å². The Morgan fingerprint density at radius 3 is 2.24 bits per heavy atom. The van der Waals surface area contributed by atoms with E-state index in [2.05, 4.69) is 15.6 Å². The van der Waals surface area contributed by atoms with Crippen molar-refractivity contribution in [3.63, 3.8) is 0 Å². The van der Waals surface area contributed by atoms with E-state index in [0.717, 1.165) is 16.8 Å². The molecule has 0 saturated heterocycles. The highest BCUT2D eigenvalue weighted by Gasteiger charge is 2.50. The van der Waals surface area contributed by atoms with Crippen molar-refractivity contribution in [1.29, 1.82) is 0 Å². The van der Waals surface area contributed by atoms with Gasteiger partial charge in [0.1, 0.15) is 30.8 Å². The smallest absolute Gasteiger partial charge is 0.412 e. The first-order chi connectivity index (χ1) is 26.2. The molecule has 2 atom stereocenters. The summed E-state index contributed by atoms with van der Waals surface area (Å²) in [7, 11) is 0. The average molecular weight is 764 g/mol. The monoisotopic (exact) mass is 763 g/mol. The lowest BCUT2D eigenvalue weighted by Gasteiger charge is -2.30. The molecule has 16 nitrogen and oxygen atoms in total. The van der Waals surface area contributed by atoms with Crippen molar-refractivity contribution < 1.29 is 42.7 Å². The van der Waals surface area contributed by atoms with E-state index < -0.39 is 77.6 Å². The quantitative estimate of drug-likeness (QED) is 0.0910. The van der Waals surface area contributed by atoms with E-state index in [1.807, 2.05) is 5.32 Å². The van der Waals surface area contributed by atoms with Crippen LogP contribution in [0.25, 0.3) is 11.4 Å². The van der Waals surface area contributed by atoms with Crippen LogP contribution in [0.5, 0.6) is 0 Å². The predicted molar refractivity (Wildman–Crippen MR) is 195 cm³/mol. The molecule has 4 aromatic rings. The Bertz CT molecular complexity index is 2050. The number of aromatic nitrogens is 2. The van der Waals surface area contributed by atoms with Crippen LogP contribution in [0.4, 0.5) is 25.0 Å². The molecule has 0 aliphatic carbocycles. The Balaban J connectivity index is 1.64. The normalized spacial score (nSPS) is 12.2. The van der Waals surface area contributed by atoms with Crippen molar-refractivity contribution >= 4 is 35.2 Å². The van der Waals surface area contributed by atoms with E-state index in [1.165, 1.54) is 35.2 Å². The number of aliphatic hydroxyl groups excluding tert-OH is 1.